The van der Waals surface area contributed by atoms with E-state index in [1.165, 1.54) is 30.1 Å². The van der Waals surface area contributed by atoms with Gasteiger partial charge in [-0.1, -0.05) is 47.5 Å². The van der Waals surface area contributed by atoms with Crippen LogP contribution in [0.4, 0.5) is 4.39 Å². The van der Waals surface area contributed by atoms with Crippen LogP contribution in [0.5, 0.6) is 0 Å². The van der Waals surface area contributed by atoms with Gasteiger partial charge in [0.1, 0.15) is 5.82 Å². The predicted octanol–water partition coefficient (Wildman–Crippen LogP) is 4.13. The lowest BCUT2D eigenvalue weighted by atomic mass is 10.0. The minimum atomic E-state index is -0.735. The molecule has 5 heteroatoms. The van der Waals surface area contributed by atoms with Crippen LogP contribution < -0.4 is 0 Å². The Hall–Kier alpha value is -2.20. The summed E-state index contributed by atoms with van der Waals surface area (Å²) in [6.07, 6.45) is 0. The molecule has 0 bridgehead atoms. The summed E-state index contributed by atoms with van der Waals surface area (Å²) in [6, 6.07) is 10.4. The standard InChI is InChI=1S/C18H17ClFNO2/c1-11-7-9-13(10-8-11)17(22)12(2)21(3)18(23)16-14(19)5-4-6-15(16)20/h4-10,12H,1-3H3. The lowest BCUT2D eigenvalue weighted by Gasteiger charge is -2.24. The Labute approximate surface area is 139 Å². The Kier molecular flexibility index (Phi) is 5.16. The number of rotatable bonds is 4. The first-order valence-electron chi connectivity index (χ1n) is 7.15. The van der Waals surface area contributed by atoms with Crippen molar-refractivity contribution in [2.24, 2.45) is 0 Å². The van der Waals surface area contributed by atoms with Gasteiger partial charge in [0.05, 0.1) is 16.6 Å². The summed E-state index contributed by atoms with van der Waals surface area (Å²) in [4.78, 5) is 26.2. The van der Waals surface area contributed by atoms with Crippen molar-refractivity contribution in [2.45, 2.75) is 19.9 Å². The van der Waals surface area contributed by atoms with E-state index in [1.807, 2.05) is 19.1 Å². The molecule has 0 N–H and O–H groups in total. The van der Waals surface area contributed by atoms with Crippen molar-refractivity contribution in [3.63, 3.8) is 0 Å². The number of carbonyl (C=O) groups excluding carboxylic acids is 2. The second-order valence-electron chi connectivity index (χ2n) is 5.42. The van der Waals surface area contributed by atoms with Gasteiger partial charge in [0, 0.05) is 12.6 Å². The summed E-state index contributed by atoms with van der Waals surface area (Å²) >= 11 is 5.91. The van der Waals surface area contributed by atoms with Gasteiger partial charge in [-0.05, 0) is 26.0 Å². The van der Waals surface area contributed by atoms with Gasteiger partial charge < -0.3 is 4.90 Å². The SMILES string of the molecule is Cc1ccc(C(=O)C(C)N(C)C(=O)c2c(F)cccc2Cl)cc1. The van der Waals surface area contributed by atoms with Crippen molar-refractivity contribution in [3.05, 3.63) is 70.0 Å². The summed E-state index contributed by atoms with van der Waals surface area (Å²) in [6.45, 7) is 3.53. The van der Waals surface area contributed by atoms with Gasteiger partial charge in [0.2, 0.25) is 0 Å². The normalized spacial score (nSPS) is 11.9. The zero-order valence-electron chi connectivity index (χ0n) is 13.1. The number of hydrogen-bond donors (Lipinski definition) is 0. The first kappa shape index (κ1) is 17.2. The largest absolute Gasteiger partial charge is 0.331 e. The van der Waals surface area contributed by atoms with Gasteiger partial charge in [0.25, 0.3) is 5.91 Å². The molecule has 0 aliphatic rings. The molecule has 0 aliphatic carbocycles. The molecule has 0 aliphatic heterocycles. The maximum Gasteiger partial charge on any atom is 0.258 e. The molecule has 0 saturated carbocycles. The fraction of sp³-hybridized carbons (Fsp3) is 0.222. The van der Waals surface area contributed by atoms with Gasteiger partial charge in [-0.15, -0.1) is 0 Å². The number of nitrogens with zero attached hydrogens (tertiary/aromatic N) is 1. The minimum absolute atomic E-state index is 0.0248. The first-order chi connectivity index (χ1) is 10.8. The van der Waals surface area contributed by atoms with Crippen molar-refractivity contribution in [3.8, 4) is 0 Å². The summed E-state index contributed by atoms with van der Waals surface area (Å²) in [5.74, 6) is -1.54. The van der Waals surface area contributed by atoms with Crippen LogP contribution in [0, 0.1) is 12.7 Å². The maximum atomic E-state index is 13.9. The molecule has 23 heavy (non-hydrogen) atoms. The first-order valence-corrected chi connectivity index (χ1v) is 7.52. The average Bonchev–Trinajstić information content (AvgIpc) is 2.53. The van der Waals surface area contributed by atoms with E-state index in [2.05, 4.69) is 0 Å². The number of hydrogen-bond acceptors (Lipinski definition) is 2. The molecule has 0 spiro atoms. The van der Waals surface area contributed by atoms with Gasteiger partial charge in [-0.2, -0.15) is 0 Å². The fourth-order valence-electron chi connectivity index (χ4n) is 2.19. The molecule has 0 radical (unpaired) electrons. The highest BCUT2D eigenvalue weighted by atomic mass is 35.5. The van der Waals surface area contributed by atoms with Crippen LogP contribution in [0.1, 0.15) is 33.2 Å². The summed E-state index contributed by atoms with van der Waals surface area (Å²) in [5, 5.41) is 0.0248. The third-order valence-corrected chi connectivity index (χ3v) is 4.11. The van der Waals surface area contributed by atoms with Gasteiger partial charge >= 0.3 is 0 Å². The van der Waals surface area contributed by atoms with Crippen molar-refractivity contribution in [1.29, 1.82) is 0 Å². The molecule has 0 fully saturated rings. The Morgan fingerprint density at radius 1 is 1.13 bits per heavy atom. The van der Waals surface area contributed by atoms with Crippen molar-refractivity contribution >= 4 is 23.3 Å². The number of likely N-dealkylation sites (N-methyl/N-ethyl adjacent to an activating group) is 1. The van der Waals surface area contributed by atoms with E-state index >= 15 is 0 Å². The smallest absolute Gasteiger partial charge is 0.258 e. The van der Waals surface area contributed by atoms with Crippen LogP contribution >= 0.6 is 11.6 Å². The Balaban J connectivity index is 2.25. The summed E-state index contributed by atoms with van der Waals surface area (Å²) in [5.41, 5.74) is 1.32. The number of aryl methyl sites for hydroxylation is 1. The molecule has 120 valence electrons. The van der Waals surface area contributed by atoms with E-state index < -0.39 is 17.8 Å². The second kappa shape index (κ2) is 6.92. The molecule has 0 heterocycles. The Morgan fingerprint density at radius 2 is 1.74 bits per heavy atom. The highest BCUT2D eigenvalue weighted by molar-refractivity contribution is 6.33. The number of benzene rings is 2. The Morgan fingerprint density at radius 3 is 2.30 bits per heavy atom. The average molecular weight is 334 g/mol. The lowest BCUT2D eigenvalue weighted by molar-refractivity contribution is 0.0671. The quantitative estimate of drug-likeness (QED) is 0.789. The molecule has 0 saturated heterocycles. The van der Waals surface area contributed by atoms with E-state index in [1.54, 1.807) is 19.1 Å². The molecule has 2 aromatic rings. The number of amides is 1. The van der Waals surface area contributed by atoms with Gasteiger partial charge in [-0.3, -0.25) is 9.59 Å². The van der Waals surface area contributed by atoms with Crippen LogP contribution in [-0.4, -0.2) is 29.7 Å². The van der Waals surface area contributed by atoms with Crippen molar-refractivity contribution in [2.75, 3.05) is 7.05 Å². The molecular weight excluding hydrogens is 317 g/mol. The van der Waals surface area contributed by atoms with Gasteiger partial charge in [0.15, 0.2) is 5.78 Å². The molecule has 2 aromatic carbocycles. The zero-order valence-corrected chi connectivity index (χ0v) is 13.9. The molecule has 1 atom stereocenters. The van der Waals surface area contributed by atoms with Gasteiger partial charge in [-0.25, -0.2) is 4.39 Å². The molecule has 0 aromatic heterocycles. The Bertz CT molecular complexity index is 723. The fourth-order valence-corrected chi connectivity index (χ4v) is 2.43. The second-order valence-corrected chi connectivity index (χ2v) is 5.83. The van der Waals surface area contributed by atoms with Crippen LogP contribution in [0.2, 0.25) is 5.02 Å². The van der Waals surface area contributed by atoms with Crippen LogP contribution in [0.3, 0.4) is 0 Å². The topological polar surface area (TPSA) is 37.4 Å². The molecule has 2 rings (SSSR count). The van der Waals surface area contributed by atoms with E-state index in [4.69, 9.17) is 11.6 Å². The van der Waals surface area contributed by atoms with E-state index in [9.17, 15) is 14.0 Å². The zero-order chi connectivity index (χ0) is 17.1. The minimum Gasteiger partial charge on any atom is -0.331 e. The molecule has 3 nitrogen and oxygen atoms in total. The highest BCUT2D eigenvalue weighted by Crippen LogP contribution is 2.22. The maximum absolute atomic E-state index is 13.9. The van der Waals surface area contributed by atoms with Crippen molar-refractivity contribution < 1.29 is 14.0 Å². The van der Waals surface area contributed by atoms with E-state index in [-0.39, 0.29) is 16.4 Å². The molecule has 1 amide bonds. The van der Waals surface area contributed by atoms with E-state index in [0.717, 1.165) is 5.56 Å². The number of carbonyl (C=O) groups is 2. The number of halogens is 2. The van der Waals surface area contributed by atoms with Crippen LogP contribution in [0.15, 0.2) is 42.5 Å². The molecule has 1 unspecified atom stereocenters. The summed E-state index contributed by atoms with van der Waals surface area (Å²) in [7, 11) is 1.46. The summed E-state index contributed by atoms with van der Waals surface area (Å²) < 4.78 is 13.9. The van der Waals surface area contributed by atoms with Crippen LogP contribution in [-0.2, 0) is 0 Å². The predicted molar refractivity (Wildman–Crippen MR) is 88.5 cm³/mol. The third-order valence-electron chi connectivity index (χ3n) is 3.79. The molecular formula is C18H17ClFNO2. The number of Topliss-reactive ketones (excluding diaryl/α,β-unsaturated/α-hetero) is 1. The monoisotopic (exact) mass is 333 g/mol. The van der Waals surface area contributed by atoms with E-state index in [0.29, 0.717) is 5.56 Å². The third kappa shape index (κ3) is 3.59. The van der Waals surface area contributed by atoms with Crippen LogP contribution in [0.25, 0.3) is 0 Å². The number of ketones is 1. The highest BCUT2D eigenvalue weighted by Gasteiger charge is 2.27. The lowest BCUT2D eigenvalue weighted by Crippen LogP contribution is -2.40. The van der Waals surface area contributed by atoms with Crippen molar-refractivity contribution in [1.82, 2.24) is 4.90 Å².